The number of benzene rings is 7. The van der Waals surface area contributed by atoms with Gasteiger partial charge >= 0.3 is 0 Å². The largest absolute Gasteiger partial charge is 0.456 e. The van der Waals surface area contributed by atoms with Gasteiger partial charge in [-0.2, -0.15) is 0 Å². The Morgan fingerprint density at radius 1 is 0.393 bits per heavy atom. The predicted molar refractivity (Wildman–Crippen MR) is 229 cm³/mol. The molecule has 5 nitrogen and oxygen atoms in total. The zero-order valence-electron chi connectivity index (χ0n) is 30.2. The highest BCUT2D eigenvalue weighted by Crippen LogP contribution is 2.40. The van der Waals surface area contributed by atoms with Crippen molar-refractivity contribution in [3.8, 4) is 61.8 Å². The molecule has 0 fully saturated rings. The normalized spacial score (nSPS) is 11.6. The minimum absolute atomic E-state index is 0.661. The van der Waals surface area contributed by atoms with Crippen molar-refractivity contribution in [1.29, 1.82) is 0 Å². The van der Waals surface area contributed by atoms with E-state index >= 15 is 0 Å². The Morgan fingerprint density at radius 2 is 1.05 bits per heavy atom. The van der Waals surface area contributed by atoms with E-state index in [4.69, 9.17) is 14.4 Å². The fourth-order valence-corrected chi connectivity index (χ4v) is 8.10. The standard InChI is InChI=1S/C51H32N4O/c1-3-12-34(13-4-1)51-53-44(32-45(54-51)41-18-11-21-49-50(41)42-17-8-10-20-48(42)56-49)38-29-36(33-24-26-52-27-25-33)28-37(30-38)35-22-23-47-43(31-35)40-16-7-9-19-46(40)55(47)39-14-5-2-6-15-39/h1-32H. The van der Waals surface area contributed by atoms with Crippen molar-refractivity contribution in [2.75, 3.05) is 0 Å². The van der Waals surface area contributed by atoms with E-state index < -0.39 is 0 Å². The molecule has 4 aromatic heterocycles. The third-order valence-corrected chi connectivity index (χ3v) is 10.7. The van der Waals surface area contributed by atoms with Gasteiger partial charge in [-0.25, -0.2) is 9.97 Å². The quantitative estimate of drug-likeness (QED) is 0.172. The Balaban J connectivity index is 1.15. The Labute approximate surface area is 322 Å². The molecule has 0 aliphatic carbocycles. The maximum absolute atomic E-state index is 6.31. The van der Waals surface area contributed by atoms with E-state index in [2.05, 4.69) is 149 Å². The molecule has 0 amide bonds. The first-order chi connectivity index (χ1) is 27.7. The maximum Gasteiger partial charge on any atom is 0.160 e. The zero-order chi connectivity index (χ0) is 37.0. The van der Waals surface area contributed by atoms with Gasteiger partial charge in [-0.1, -0.05) is 103 Å². The van der Waals surface area contributed by atoms with Crippen LogP contribution in [0.15, 0.2) is 199 Å². The lowest BCUT2D eigenvalue weighted by molar-refractivity contribution is 0.669. The molecule has 4 heterocycles. The molecule has 0 saturated carbocycles. The molecule has 7 aromatic carbocycles. The molecule has 11 aromatic rings. The van der Waals surface area contributed by atoms with Gasteiger partial charge in [-0.05, 0) is 101 Å². The Bertz CT molecular complexity index is 3240. The average Bonchev–Trinajstić information content (AvgIpc) is 3.83. The topological polar surface area (TPSA) is 56.7 Å². The molecule has 0 aliphatic heterocycles. The van der Waals surface area contributed by atoms with Gasteiger partial charge in [0.25, 0.3) is 0 Å². The van der Waals surface area contributed by atoms with Crippen LogP contribution in [0, 0.1) is 0 Å². The fourth-order valence-electron chi connectivity index (χ4n) is 8.10. The molecule has 0 bridgehead atoms. The van der Waals surface area contributed by atoms with E-state index in [0.717, 1.165) is 78.0 Å². The number of nitrogens with zero attached hydrogens (tertiary/aromatic N) is 4. The van der Waals surface area contributed by atoms with Crippen LogP contribution in [0.1, 0.15) is 0 Å². The van der Waals surface area contributed by atoms with Crippen molar-refractivity contribution in [3.05, 3.63) is 194 Å². The summed E-state index contributed by atoms with van der Waals surface area (Å²) >= 11 is 0. The van der Waals surface area contributed by atoms with Gasteiger partial charge in [0.2, 0.25) is 0 Å². The molecule has 11 rings (SSSR count). The molecule has 262 valence electrons. The first kappa shape index (κ1) is 31.9. The summed E-state index contributed by atoms with van der Waals surface area (Å²) in [7, 11) is 0. The highest BCUT2D eigenvalue weighted by atomic mass is 16.3. The second-order valence-corrected chi connectivity index (χ2v) is 14.1. The molecule has 0 radical (unpaired) electrons. The second-order valence-electron chi connectivity index (χ2n) is 14.1. The summed E-state index contributed by atoms with van der Waals surface area (Å²) in [6.07, 6.45) is 3.69. The van der Waals surface area contributed by atoms with Gasteiger partial charge in [0.05, 0.1) is 22.4 Å². The van der Waals surface area contributed by atoms with Gasteiger partial charge in [0.1, 0.15) is 11.2 Å². The zero-order valence-corrected chi connectivity index (χ0v) is 30.2. The smallest absolute Gasteiger partial charge is 0.160 e. The monoisotopic (exact) mass is 716 g/mol. The second kappa shape index (κ2) is 13.0. The summed E-state index contributed by atoms with van der Waals surface area (Å²) in [4.78, 5) is 14.8. The lowest BCUT2D eigenvalue weighted by Crippen LogP contribution is -1.97. The van der Waals surface area contributed by atoms with E-state index in [9.17, 15) is 0 Å². The molecule has 0 spiro atoms. The van der Waals surface area contributed by atoms with Crippen LogP contribution in [-0.2, 0) is 0 Å². The van der Waals surface area contributed by atoms with Crippen LogP contribution in [-0.4, -0.2) is 19.5 Å². The van der Waals surface area contributed by atoms with Gasteiger partial charge in [0, 0.05) is 56.3 Å². The van der Waals surface area contributed by atoms with Crippen LogP contribution in [0.4, 0.5) is 0 Å². The number of aromatic nitrogens is 4. The highest BCUT2D eigenvalue weighted by Gasteiger charge is 2.18. The minimum Gasteiger partial charge on any atom is -0.456 e. The van der Waals surface area contributed by atoms with Crippen molar-refractivity contribution in [2.24, 2.45) is 0 Å². The number of rotatable bonds is 6. The van der Waals surface area contributed by atoms with Crippen molar-refractivity contribution in [2.45, 2.75) is 0 Å². The van der Waals surface area contributed by atoms with E-state index in [1.54, 1.807) is 0 Å². The molecule has 0 saturated heterocycles. The summed E-state index contributed by atoms with van der Waals surface area (Å²) in [6, 6.07) is 63.7. The number of fused-ring (bicyclic) bond motifs is 6. The number of hydrogen-bond donors (Lipinski definition) is 0. The maximum atomic E-state index is 6.31. The van der Waals surface area contributed by atoms with Gasteiger partial charge in [0.15, 0.2) is 5.82 Å². The first-order valence-electron chi connectivity index (χ1n) is 18.8. The van der Waals surface area contributed by atoms with Gasteiger partial charge in [-0.15, -0.1) is 0 Å². The van der Waals surface area contributed by atoms with Gasteiger partial charge < -0.3 is 8.98 Å². The Morgan fingerprint density at radius 3 is 1.89 bits per heavy atom. The summed E-state index contributed by atoms with van der Waals surface area (Å²) in [5.41, 5.74) is 14.1. The molecule has 56 heavy (non-hydrogen) atoms. The SMILES string of the molecule is c1ccc(-c2nc(-c3cc(-c4ccncc4)cc(-c4ccc5c(c4)c4ccccc4n5-c4ccccc4)c3)cc(-c3cccc4oc5ccccc5c34)n2)cc1. The summed E-state index contributed by atoms with van der Waals surface area (Å²) in [5.74, 6) is 0.661. The molecular formula is C51H32N4O. The highest BCUT2D eigenvalue weighted by molar-refractivity contribution is 6.12. The van der Waals surface area contributed by atoms with E-state index in [-0.39, 0.29) is 0 Å². The fraction of sp³-hybridized carbons (Fsp3) is 0. The van der Waals surface area contributed by atoms with Crippen LogP contribution >= 0.6 is 0 Å². The number of hydrogen-bond acceptors (Lipinski definition) is 4. The number of pyridine rings is 1. The third kappa shape index (κ3) is 5.37. The average molecular weight is 717 g/mol. The van der Waals surface area contributed by atoms with Crippen LogP contribution in [0.5, 0.6) is 0 Å². The molecule has 0 unspecified atom stereocenters. The van der Waals surface area contributed by atoms with E-state index in [1.807, 2.05) is 54.9 Å². The minimum atomic E-state index is 0.661. The number of para-hydroxylation sites is 3. The molecule has 5 heteroatoms. The van der Waals surface area contributed by atoms with Crippen molar-refractivity contribution in [3.63, 3.8) is 0 Å². The van der Waals surface area contributed by atoms with Crippen molar-refractivity contribution >= 4 is 43.7 Å². The number of furan rings is 1. The van der Waals surface area contributed by atoms with E-state index in [0.29, 0.717) is 5.82 Å². The lowest BCUT2D eigenvalue weighted by Gasteiger charge is -2.14. The molecule has 0 aliphatic rings. The lowest BCUT2D eigenvalue weighted by atomic mass is 9.94. The van der Waals surface area contributed by atoms with Crippen molar-refractivity contribution in [1.82, 2.24) is 19.5 Å². The predicted octanol–water partition coefficient (Wildman–Crippen LogP) is 13.2. The summed E-state index contributed by atoms with van der Waals surface area (Å²) in [5, 5.41) is 4.52. The first-order valence-corrected chi connectivity index (χ1v) is 18.8. The molecular weight excluding hydrogens is 685 g/mol. The van der Waals surface area contributed by atoms with Crippen molar-refractivity contribution < 1.29 is 4.42 Å². The van der Waals surface area contributed by atoms with Crippen LogP contribution in [0.3, 0.4) is 0 Å². The van der Waals surface area contributed by atoms with Crippen LogP contribution in [0.2, 0.25) is 0 Å². The van der Waals surface area contributed by atoms with Gasteiger partial charge in [-0.3, -0.25) is 4.98 Å². The molecule has 0 N–H and O–H groups in total. The van der Waals surface area contributed by atoms with Crippen LogP contribution < -0.4 is 0 Å². The molecule has 0 atom stereocenters. The van der Waals surface area contributed by atoms with E-state index in [1.165, 1.54) is 21.8 Å². The summed E-state index contributed by atoms with van der Waals surface area (Å²) < 4.78 is 8.66. The Kier molecular flexibility index (Phi) is 7.42. The third-order valence-electron chi connectivity index (χ3n) is 10.7. The van der Waals surface area contributed by atoms with Crippen LogP contribution in [0.25, 0.3) is 106 Å². The Hall–Kier alpha value is -7.63. The summed E-state index contributed by atoms with van der Waals surface area (Å²) in [6.45, 7) is 0.